The van der Waals surface area contributed by atoms with Crippen LogP contribution in [0.1, 0.15) is 9.67 Å². The number of hydrogen-bond donors (Lipinski definition) is 2. The van der Waals surface area contributed by atoms with Crippen LogP contribution in [0.3, 0.4) is 0 Å². The number of aromatic nitrogens is 1. The normalized spacial score (nSPS) is 10.1. The van der Waals surface area contributed by atoms with Crippen LogP contribution >= 0.6 is 11.3 Å². The van der Waals surface area contributed by atoms with Crippen LogP contribution in [0.2, 0.25) is 0 Å². The number of nitrogens with zero attached hydrogens (tertiary/aromatic N) is 1. The molecule has 0 saturated heterocycles. The number of nitrogen functional groups attached to an aromatic ring is 1. The van der Waals surface area contributed by atoms with Gasteiger partial charge in [-0.25, -0.2) is 4.79 Å². The number of anilines is 1. The van der Waals surface area contributed by atoms with Crippen molar-refractivity contribution in [2.75, 3.05) is 5.73 Å². The lowest BCUT2D eigenvalue weighted by atomic mass is 10.2. The molecule has 2 aromatic rings. The van der Waals surface area contributed by atoms with Crippen molar-refractivity contribution in [1.82, 2.24) is 4.98 Å². The third-order valence-electron chi connectivity index (χ3n) is 1.92. The number of carboxylic acid groups (broad SMARTS) is 1. The first-order chi connectivity index (χ1) is 7.18. The topological polar surface area (TPSA) is 76.2 Å². The van der Waals surface area contributed by atoms with Crippen molar-refractivity contribution in [2.24, 2.45) is 0 Å². The summed E-state index contributed by atoms with van der Waals surface area (Å²) in [6, 6.07) is 5.05. The van der Waals surface area contributed by atoms with Crippen LogP contribution in [0.4, 0.5) is 5.69 Å². The largest absolute Gasteiger partial charge is 0.477 e. The zero-order valence-corrected chi connectivity index (χ0v) is 8.49. The number of rotatable bonds is 2. The van der Waals surface area contributed by atoms with Gasteiger partial charge in [-0.2, -0.15) is 0 Å². The molecule has 76 valence electrons. The summed E-state index contributed by atoms with van der Waals surface area (Å²) in [5.74, 6) is -0.930. The van der Waals surface area contributed by atoms with Crippen LogP contribution in [-0.2, 0) is 0 Å². The van der Waals surface area contributed by atoms with Gasteiger partial charge in [-0.15, -0.1) is 11.3 Å². The molecule has 0 saturated carbocycles. The Morgan fingerprint density at radius 1 is 1.53 bits per heavy atom. The van der Waals surface area contributed by atoms with E-state index in [0.717, 1.165) is 5.56 Å². The van der Waals surface area contributed by atoms with E-state index in [9.17, 15) is 4.79 Å². The van der Waals surface area contributed by atoms with Gasteiger partial charge in [0.1, 0.15) is 4.88 Å². The molecule has 0 amide bonds. The second kappa shape index (κ2) is 3.70. The van der Waals surface area contributed by atoms with Gasteiger partial charge in [0.05, 0.1) is 11.4 Å². The Hall–Kier alpha value is -1.88. The van der Waals surface area contributed by atoms with Crippen molar-refractivity contribution < 1.29 is 9.90 Å². The Kier molecular flexibility index (Phi) is 2.39. The zero-order chi connectivity index (χ0) is 10.8. The molecule has 0 aliphatic carbocycles. The molecule has 0 fully saturated rings. The molecule has 0 bridgehead atoms. The molecule has 3 N–H and O–H groups in total. The molecule has 0 atom stereocenters. The highest BCUT2D eigenvalue weighted by molar-refractivity contribution is 7.12. The standard InChI is InChI=1S/C10H8N2O2S/c11-7-2-1-3-12-9(7)6-4-8(10(13)14)15-5-6/h1-5H,11H2,(H,13,14). The van der Waals surface area contributed by atoms with Crippen molar-refractivity contribution in [2.45, 2.75) is 0 Å². The summed E-state index contributed by atoms with van der Waals surface area (Å²) in [4.78, 5) is 15.1. The van der Waals surface area contributed by atoms with Crippen molar-refractivity contribution in [1.29, 1.82) is 0 Å². The maximum absolute atomic E-state index is 10.7. The Bertz CT molecular complexity index is 508. The minimum absolute atomic E-state index is 0.287. The molecule has 0 aromatic carbocycles. The van der Waals surface area contributed by atoms with Gasteiger partial charge >= 0.3 is 5.97 Å². The summed E-state index contributed by atoms with van der Waals surface area (Å²) in [6.45, 7) is 0. The van der Waals surface area contributed by atoms with E-state index in [1.807, 2.05) is 0 Å². The average Bonchev–Trinajstić information content (AvgIpc) is 2.67. The molecule has 0 aliphatic rings. The van der Waals surface area contributed by atoms with Gasteiger partial charge < -0.3 is 10.8 Å². The molecule has 0 radical (unpaired) electrons. The number of thiophene rings is 1. The first kappa shape index (κ1) is 9.67. The van der Waals surface area contributed by atoms with Crippen LogP contribution in [0.5, 0.6) is 0 Å². The summed E-state index contributed by atoms with van der Waals surface area (Å²) in [5.41, 5.74) is 7.65. The van der Waals surface area contributed by atoms with Gasteiger partial charge in [0, 0.05) is 17.1 Å². The van der Waals surface area contributed by atoms with Crippen LogP contribution in [0.15, 0.2) is 29.8 Å². The van der Waals surface area contributed by atoms with E-state index >= 15 is 0 Å². The minimum Gasteiger partial charge on any atom is -0.477 e. The van der Waals surface area contributed by atoms with E-state index in [-0.39, 0.29) is 4.88 Å². The smallest absolute Gasteiger partial charge is 0.345 e. The van der Waals surface area contributed by atoms with E-state index < -0.39 is 5.97 Å². The van der Waals surface area contributed by atoms with Gasteiger partial charge in [0.2, 0.25) is 0 Å². The number of pyridine rings is 1. The Labute approximate surface area is 90.0 Å². The van der Waals surface area contributed by atoms with Gasteiger partial charge in [-0.1, -0.05) is 0 Å². The van der Waals surface area contributed by atoms with Gasteiger partial charge in [0.25, 0.3) is 0 Å². The van der Waals surface area contributed by atoms with E-state index in [2.05, 4.69) is 4.98 Å². The molecule has 0 spiro atoms. The quantitative estimate of drug-likeness (QED) is 0.812. The predicted molar refractivity (Wildman–Crippen MR) is 58.9 cm³/mol. The monoisotopic (exact) mass is 220 g/mol. The second-order valence-corrected chi connectivity index (χ2v) is 3.86. The summed E-state index contributed by atoms with van der Waals surface area (Å²) < 4.78 is 0. The highest BCUT2D eigenvalue weighted by atomic mass is 32.1. The molecular weight excluding hydrogens is 212 g/mol. The molecule has 4 nitrogen and oxygen atoms in total. The van der Waals surface area contributed by atoms with Crippen molar-refractivity contribution >= 4 is 23.0 Å². The Morgan fingerprint density at radius 2 is 2.33 bits per heavy atom. The van der Waals surface area contributed by atoms with E-state index in [1.54, 1.807) is 29.8 Å². The molecule has 2 rings (SSSR count). The second-order valence-electron chi connectivity index (χ2n) is 2.95. The minimum atomic E-state index is -0.930. The van der Waals surface area contributed by atoms with Crippen LogP contribution in [0.25, 0.3) is 11.3 Å². The third kappa shape index (κ3) is 1.82. The molecular formula is C10H8N2O2S. The lowest BCUT2D eigenvalue weighted by Gasteiger charge is -1.99. The van der Waals surface area contributed by atoms with Crippen molar-refractivity contribution in [3.63, 3.8) is 0 Å². The number of hydrogen-bond acceptors (Lipinski definition) is 4. The van der Waals surface area contributed by atoms with Crippen molar-refractivity contribution in [3.8, 4) is 11.3 Å². The zero-order valence-electron chi connectivity index (χ0n) is 7.68. The molecule has 15 heavy (non-hydrogen) atoms. The van der Waals surface area contributed by atoms with Gasteiger partial charge in [0.15, 0.2) is 0 Å². The maximum atomic E-state index is 10.7. The van der Waals surface area contributed by atoms with E-state index in [0.29, 0.717) is 11.4 Å². The molecule has 0 unspecified atom stereocenters. The van der Waals surface area contributed by atoms with Crippen LogP contribution < -0.4 is 5.73 Å². The third-order valence-corrected chi connectivity index (χ3v) is 2.84. The number of carboxylic acids is 1. The van der Waals surface area contributed by atoms with Gasteiger partial charge in [-0.3, -0.25) is 4.98 Å². The maximum Gasteiger partial charge on any atom is 0.345 e. The number of carbonyl (C=O) groups is 1. The van der Waals surface area contributed by atoms with Crippen LogP contribution in [-0.4, -0.2) is 16.1 Å². The lowest BCUT2D eigenvalue weighted by Crippen LogP contribution is -1.92. The number of aromatic carboxylic acids is 1. The molecule has 2 aromatic heterocycles. The lowest BCUT2D eigenvalue weighted by molar-refractivity contribution is 0.0702. The van der Waals surface area contributed by atoms with Gasteiger partial charge in [-0.05, 0) is 18.2 Å². The van der Waals surface area contributed by atoms with Crippen molar-refractivity contribution in [3.05, 3.63) is 34.7 Å². The number of nitrogens with two attached hydrogens (primary N) is 1. The molecule has 0 aliphatic heterocycles. The SMILES string of the molecule is Nc1cccnc1-c1csc(C(=O)O)c1. The Morgan fingerprint density at radius 3 is 2.93 bits per heavy atom. The molecule has 5 heteroatoms. The molecule has 2 heterocycles. The first-order valence-corrected chi connectivity index (χ1v) is 5.09. The summed E-state index contributed by atoms with van der Waals surface area (Å²) in [5, 5.41) is 10.5. The summed E-state index contributed by atoms with van der Waals surface area (Å²) >= 11 is 1.17. The summed E-state index contributed by atoms with van der Waals surface area (Å²) in [6.07, 6.45) is 1.63. The fourth-order valence-corrected chi connectivity index (χ4v) is 1.96. The highest BCUT2D eigenvalue weighted by Crippen LogP contribution is 2.27. The van der Waals surface area contributed by atoms with E-state index in [1.165, 1.54) is 11.3 Å². The predicted octanol–water partition coefficient (Wildman–Crippen LogP) is 2.09. The average molecular weight is 220 g/mol. The Balaban J connectivity index is 2.46. The fourth-order valence-electron chi connectivity index (χ4n) is 1.23. The fraction of sp³-hybridized carbons (Fsp3) is 0. The summed E-state index contributed by atoms with van der Waals surface area (Å²) in [7, 11) is 0. The van der Waals surface area contributed by atoms with E-state index in [4.69, 9.17) is 10.8 Å². The first-order valence-electron chi connectivity index (χ1n) is 4.21. The highest BCUT2D eigenvalue weighted by Gasteiger charge is 2.10. The van der Waals surface area contributed by atoms with Crippen LogP contribution in [0, 0.1) is 0 Å².